The van der Waals surface area contributed by atoms with Gasteiger partial charge in [0.05, 0.1) is 13.7 Å². The summed E-state index contributed by atoms with van der Waals surface area (Å²) in [5, 5.41) is 0. The lowest BCUT2D eigenvalue weighted by Crippen LogP contribution is -2.25. The summed E-state index contributed by atoms with van der Waals surface area (Å²) in [7, 11) is 1.61. The minimum absolute atomic E-state index is 0.289. The van der Waals surface area contributed by atoms with Gasteiger partial charge in [0.15, 0.2) is 17.8 Å². The Hall–Kier alpha value is -2.70. The van der Waals surface area contributed by atoms with Crippen molar-refractivity contribution in [1.82, 2.24) is 0 Å². The van der Waals surface area contributed by atoms with Crippen LogP contribution in [0.5, 0.6) is 23.0 Å². The maximum atomic E-state index is 6.24. The van der Waals surface area contributed by atoms with Gasteiger partial charge in [0, 0.05) is 12.5 Å². The van der Waals surface area contributed by atoms with Crippen LogP contribution in [0.3, 0.4) is 0 Å². The number of hydrogen-bond acceptors (Lipinski definition) is 5. The van der Waals surface area contributed by atoms with Crippen LogP contribution < -0.4 is 18.9 Å². The molecule has 0 saturated carbocycles. The highest BCUT2D eigenvalue weighted by Gasteiger charge is 2.25. The summed E-state index contributed by atoms with van der Waals surface area (Å²) < 4.78 is 30.7. The van der Waals surface area contributed by atoms with Crippen LogP contribution in [0.2, 0.25) is 0 Å². The van der Waals surface area contributed by atoms with Crippen LogP contribution in [-0.2, 0) is 18.0 Å². The Balaban J connectivity index is 1.64. The van der Waals surface area contributed by atoms with Crippen LogP contribution in [0.15, 0.2) is 71.2 Å². The molecule has 1 unspecified atom stereocenters. The summed E-state index contributed by atoms with van der Waals surface area (Å²) >= 11 is 3.68. The first-order chi connectivity index (χ1) is 15.7. The number of halogens is 1. The minimum Gasteiger partial charge on any atom is -0.493 e. The van der Waals surface area contributed by atoms with Crippen LogP contribution >= 0.6 is 15.9 Å². The van der Waals surface area contributed by atoms with Gasteiger partial charge in [-0.15, -0.1) is 0 Å². The Labute approximate surface area is 197 Å². The lowest BCUT2D eigenvalue weighted by Gasteiger charge is -2.25. The summed E-state index contributed by atoms with van der Waals surface area (Å²) in [6.45, 7) is 1.47. The zero-order valence-corrected chi connectivity index (χ0v) is 19.7. The predicted molar refractivity (Wildman–Crippen MR) is 126 cm³/mol. The summed E-state index contributed by atoms with van der Waals surface area (Å²) in [6.07, 6.45) is 2.70. The first kappa shape index (κ1) is 22.5. The molecular formula is C26H27BrO5. The lowest BCUT2D eigenvalue weighted by atomic mass is 10.2. The van der Waals surface area contributed by atoms with Crippen LogP contribution in [0.25, 0.3) is 0 Å². The van der Waals surface area contributed by atoms with Gasteiger partial charge in [0.25, 0.3) is 0 Å². The molecule has 1 saturated heterocycles. The molecule has 4 rings (SSSR count). The molecule has 1 heterocycles. The molecule has 3 aromatic rings. The first-order valence-electron chi connectivity index (χ1n) is 10.8. The molecule has 6 heteroatoms. The lowest BCUT2D eigenvalue weighted by molar-refractivity contribution is -0.106. The molecular weight excluding hydrogens is 472 g/mol. The van der Waals surface area contributed by atoms with Crippen molar-refractivity contribution in [3.63, 3.8) is 0 Å². The van der Waals surface area contributed by atoms with Gasteiger partial charge < -0.3 is 23.7 Å². The molecule has 1 fully saturated rings. The molecule has 1 aliphatic rings. The van der Waals surface area contributed by atoms with Crippen molar-refractivity contribution < 1.29 is 23.7 Å². The highest BCUT2D eigenvalue weighted by Crippen LogP contribution is 2.49. The smallest absolute Gasteiger partial charge is 0.205 e. The van der Waals surface area contributed by atoms with Gasteiger partial charge in [-0.25, -0.2) is 0 Å². The van der Waals surface area contributed by atoms with Gasteiger partial charge in [0.1, 0.15) is 23.4 Å². The third-order valence-electron chi connectivity index (χ3n) is 5.18. The van der Waals surface area contributed by atoms with E-state index in [1.807, 2.05) is 66.7 Å². The van der Waals surface area contributed by atoms with Crippen molar-refractivity contribution >= 4 is 15.9 Å². The minimum atomic E-state index is -0.289. The molecule has 0 amide bonds. The van der Waals surface area contributed by atoms with E-state index in [2.05, 4.69) is 15.9 Å². The number of benzene rings is 3. The van der Waals surface area contributed by atoms with Gasteiger partial charge in [-0.05, 0) is 39.9 Å². The molecule has 0 bridgehead atoms. The number of rotatable bonds is 9. The van der Waals surface area contributed by atoms with E-state index in [0.717, 1.165) is 30.4 Å². The number of methoxy groups -OCH3 is 1. The van der Waals surface area contributed by atoms with Crippen molar-refractivity contribution in [2.45, 2.75) is 38.8 Å². The molecule has 1 atom stereocenters. The van der Waals surface area contributed by atoms with Crippen molar-refractivity contribution in [3.8, 4) is 23.0 Å². The second kappa shape index (κ2) is 11.2. The maximum Gasteiger partial charge on any atom is 0.205 e. The Morgan fingerprint density at radius 1 is 0.844 bits per heavy atom. The fourth-order valence-electron chi connectivity index (χ4n) is 3.48. The first-order valence-corrected chi connectivity index (χ1v) is 11.6. The van der Waals surface area contributed by atoms with Crippen molar-refractivity contribution in [3.05, 3.63) is 82.3 Å². The van der Waals surface area contributed by atoms with Gasteiger partial charge in [-0.3, -0.25) is 0 Å². The van der Waals surface area contributed by atoms with Gasteiger partial charge in [0.2, 0.25) is 5.75 Å². The van der Waals surface area contributed by atoms with Crippen molar-refractivity contribution in [2.24, 2.45) is 0 Å². The summed E-state index contributed by atoms with van der Waals surface area (Å²) in [5.41, 5.74) is 2.10. The monoisotopic (exact) mass is 498 g/mol. The molecule has 5 nitrogen and oxygen atoms in total. The Bertz CT molecular complexity index is 988. The topological polar surface area (TPSA) is 46.2 Å². The van der Waals surface area contributed by atoms with E-state index < -0.39 is 0 Å². The molecule has 1 aliphatic heterocycles. The number of hydrogen-bond donors (Lipinski definition) is 0. The van der Waals surface area contributed by atoms with Gasteiger partial charge in [-0.2, -0.15) is 0 Å². The normalized spacial score (nSPS) is 15.8. The third kappa shape index (κ3) is 5.75. The second-order valence-corrected chi connectivity index (χ2v) is 8.30. The largest absolute Gasteiger partial charge is 0.493 e. The fraction of sp³-hybridized carbons (Fsp3) is 0.308. The predicted octanol–water partition coefficient (Wildman–Crippen LogP) is 6.52. The van der Waals surface area contributed by atoms with Crippen LogP contribution in [-0.4, -0.2) is 20.0 Å². The average Bonchev–Trinajstić information content (AvgIpc) is 2.85. The van der Waals surface area contributed by atoms with Crippen LogP contribution in [0.1, 0.15) is 30.4 Å². The van der Waals surface area contributed by atoms with E-state index in [9.17, 15) is 0 Å². The average molecular weight is 499 g/mol. The fourth-order valence-corrected chi connectivity index (χ4v) is 3.98. The van der Waals surface area contributed by atoms with Crippen molar-refractivity contribution in [1.29, 1.82) is 0 Å². The molecule has 0 N–H and O–H groups in total. The van der Waals surface area contributed by atoms with Gasteiger partial charge in [-0.1, -0.05) is 60.7 Å². The summed E-state index contributed by atoms with van der Waals surface area (Å²) in [6, 6.07) is 21.8. The molecule has 0 radical (unpaired) electrons. The third-order valence-corrected chi connectivity index (χ3v) is 5.93. The van der Waals surface area contributed by atoms with E-state index in [-0.39, 0.29) is 6.29 Å². The maximum absolute atomic E-state index is 6.24. The Morgan fingerprint density at radius 3 is 2.03 bits per heavy atom. The van der Waals surface area contributed by atoms with Crippen molar-refractivity contribution in [2.75, 3.05) is 13.7 Å². The van der Waals surface area contributed by atoms with E-state index in [1.54, 1.807) is 7.11 Å². The SMILES string of the molecule is COc1cc(OC2CCCCO2)c(Br)c(OCc2ccccc2)c1OCc1ccccc1. The highest BCUT2D eigenvalue weighted by atomic mass is 79.9. The van der Waals surface area contributed by atoms with E-state index in [0.29, 0.717) is 47.3 Å². The van der Waals surface area contributed by atoms with Gasteiger partial charge >= 0.3 is 0 Å². The molecule has 3 aromatic carbocycles. The van der Waals surface area contributed by atoms with E-state index in [4.69, 9.17) is 23.7 Å². The zero-order chi connectivity index (χ0) is 22.2. The Kier molecular flexibility index (Phi) is 7.91. The molecule has 32 heavy (non-hydrogen) atoms. The molecule has 0 spiro atoms. The van der Waals surface area contributed by atoms with E-state index >= 15 is 0 Å². The number of ether oxygens (including phenoxy) is 5. The van der Waals surface area contributed by atoms with Crippen LogP contribution in [0.4, 0.5) is 0 Å². The quantitative estimate of drug-likeness (QED) is 0.336. The van der Waals surface area contributed by atoms with E-state index in [1.165, 1.54) is 0 Å². The second-order valence-electron chi connectivity index (χ2n) is 7.51. The summed E-state index contributed by atoms with van der Waals surface area (Å²) in [5.74, 6) is 2.20. The molecule has 168 valence electrons. The highest BCUT2D eigenvalue weighted by molar-refractivity contribution is 9.10. The summed E-state index contributed by atoms with van der Waals surface area (Å²) in [4.78, 5) is 0. The molecule has 0 aliphatic carbocycles. The molecule has 0 aromatic heterocycles. The standard InChI is InChI=1S/C26H27BrO5/c1-28-22-16-21(32-23-14-8-9-15-29-23)24(27)26(31-18-20-12-6-3-7-13-20)25(22)30-17-19-10-4-2-5-11-19/h2-7,10-13,16,23H,8-9,14-15,17-18H2,1H3. The Morgan fingerprint density at radius 2 is 1.47 bits per heavy atom. The van der Waals surface area contributed by atoms with Crippen LogP contribution in [0, 0.1) is 0 Å². The zero-order valence-electron chi connectivity index (χ0n) is 18.1.